The van der Waals surface area contributed by atoms with Crippen molar-refractivity contribution in [3.05, 3.63) is 82.9 Å². The van der Waals surface area contributed by atoms with Crippen molar-refractivity contribution < 1.29 is 58.9 Å². The van der Waals surface area contributed by atoms with Gasteiger partial charge in [-0.05, 0) is 56.5 Å². The van der Waals surface area contributed by atoms with Gasteiger partial charge in [-0.3, -0.25) is 4.79 Å². The van der Waals surface area contributed by atoms with E-state index in [-0.39, 0.29) is 29.7 Å². The van der Waals surface area contributed by atoms with Gasteiger partial charge in [0.2, 0.25) is 0 Å². The second-order valence-corrected chi connectivity index (χ2v) is 16.0. The highest BCUT2D eigenvalue weighted by Gasteiger charge is 2.76. The van der Waals surface area contributed by atoms with E-state index in [0.717, 1.165) is 0 Å². The third-order valence-electron chi connectivity index (χ3n) is 12.9. The van der Waals surface area contributed by atoms with Crippen LogP contribution in [0.1, 0.15) is 76.3 Å². The van der Waals surface area contributed by atoms with E-state index in [1.807, 2.05) is 0 Å². The minimum Gasteiger partial charge on any atom is -0.456 e. The summed E-state index contributed by atoms with van der Waals surface area (Å²) in [6.07, 6.45) is -10.2. The molecule has 11 atom stereocenters. The molecule has 55 heavy (non-hydrogen) atoms. The molecular weight excluding hydrogens is 712 g/mol. The van der Waals surface area contributed by atoms with Crippen LogP contribution in [0.25, 0.3) is 0 Å². The molecule has 10 unspecified atom stereocenters. The molecule has 2 bridgehead atoms. The van der Waals surface area contributed by atoms with E-state index in [2.05, 4.69) is 5.32 Å². The molecule has 3 aliphatic carbocycles. The van der Waals surface area contributed by atoms with Gasteiger partial charge in [-0.1, -0.05) is 62.4 Å². The monoisotopic (exact) mass is 764 g/mol. The van der Waals surface area contributed by atoms with E-state index in [1.54, 1.807) is 76.2 Å². The number of fused-ring (bicyclic) bond motifs is 5. The summed E-state index contributed by atoms with van der Waals surface area (Å²) < 4.78 is 17.9. The SMILES string of the molecule is CCN(CC)C(=O)NC(c1ccccc1)C(O)C(=O)OC1CC2(O)C(OC(=O)c3ccccc3)C3C4(O)COC4CC(O)[C@@]3(C)C(=O)C(O)C(=C1C)C2(C)C. The van der Waals surface area contributed by atoms with Gasteiger partial charge in [-0.15, -0.1) is 0 Å². The number of benzene rings is 2. The second-order valence-electron chi connectivity index (χ2n) is 16.0. The lowest BCUT2D eigenvalue weighted by molar-refractivity contribution is -0.343. The normalized spacial score (nSPS) is 34.7. The molecule has 14 nitrogen and oxygen atoms in total. The Morgan fingerprint density at radius 2 is 1.56 bits per heavy atom. The Balaban J connectivity index is 1.45. The standard InChI is InChI=1S/C41H52N2O12/c1-7-43(8-2)37(50)42-29(23-15-11-9-12-16-23)31(46)36(49)54-25-20-41(52)34(55-35(48)24-17-13-10-14-18-24)32-39(6,26(44)19-27-40(32,51)21-53-27)33(47)30(45)28(22(25)3)38(41,4)5/h9-18,25-27,29-32,34,44-46,51-52H,7-8,19-21H2,1-6H3,(H,42,50)/t25?,26?,27?,29?,30?,31?,32?,34?,39-,40?,41?/m1/s1. The third kappa shape index (κ3) is 6.36. The van der Waals surface area contributed by atoms with Crippen LogP contribution in [0.15, 0.2) is 71.8 Å². The lowest BCUT2D eigenvalue weighted by Gasteiger charge is -2.66. The van der Waals surface area contributed by atoms with Gasteiger partial charge in [0.1, 0.15) is 29.5 Å². The third-order valence-corrected chi connectivity index (χ3v) is 12.9. The molecule has 2 amide bonds. The quantitative estimate of drug-likeness (QED) is 0.160. The molecule has 3 fully saturated rings. The highest BCUT2D eigenvalue weighted by Crippen LogP contribution is 2.63. The smallest absolute Gasteiger partial charge is 0.338 e. The largest absolute Gasteiger partial charge is 0.456 e. The molecule has 0 aromatic heterocycles. The number of urea groups is 1. The highest BCUT2D eigenvalue weighted by molar-refractivity contribution is 5.94. The second kappa shape index (κ2) is 14.7. The summed E-state index contributed by atoms with van der Waals surface area (Å²) in [6.45, 7) is 10.0. The number of ketones is 1. The molecule has 2 saturated carbocycles. The molecule has 1 aliphatic heterocycles. The fourth-order valence-corrected chi connectivity index (χ4v) is 9.46. The number of nitrogens with one attached hydrogen (secondary N) is 1. The first-order valence-electron chi connectivity index (χ1n) is 18.8. The predicted octanol–water partition coefficient (Wildman–Crippen LogP) is 2.22. The summed E-state index contributed by atoms with van der Waals surface area (Å²) >= 11 is 0. The van der Waals surface area contributed by atoms with Crippen LogP contribution in [0.4, 0.5) is 4.79 Å². The van der Waals surface area contributed by atoms with Gasteiger partial charge in [0.25, 0.3) is 0 Å². The fourth-order valence-electron chi connectivity index (χ4n) is 9.46. The lowest BCUT2D eigenvalue weighted by Crippen LogP contribution is -2.81. The number of aliphatic hydroxyl groups is 5. The summed E-state index contributed by atoms with van der Waals surface area (Å²) in [7, 11) is 0. The first-order valence-corrected chi connectivity index (χ1v) is 18.8. The van der Waals surface area contributed by atoms with Crippen molar-refractivity contribution >= 4 is 23.8 Å². The molecule has 6 rings (SSSR count). The lowest BCUT2D eigenvalue weighted by atomic mass is 9.44. The summed E-state index contributed by atoms with van der Waals surface area (Å²) in [5.74, 6) is -4.47. The number of hydrogen-bond donors (Lipinski definition) is 6. The minimum absolute atomic E-state index is 0.0282. The topological polar surface area (TPSA) is 212 Å². The maximum atomic E-state index is 14.7. The van der Waals surface area contributed by atoms with Crippen molar-refractivity contribution in [1.82, 2.24) is 10.2 Å². The number of carbonyl (C=O) groups is 4. The molecule has 2 aromatic rings. The van der Waals surface area contributed by atoms with Gasteiger partial charge in [0.15, 0.2) is 11.9 Å². The maximum absolute atomic E-state index is 14.7. The van der Waals surface area contributed by atoms with Gasteiger partial charge in [0.05, 0.1) is 35.8 Å². The van der Waals surface area contributed by atoms with Crippen LogP contribution < -0.4 is 5.32 Å². The summed E-state index contributed by atoms with van der Waals surface area (Å²) in [6, 6.07) is 14.5. The maximum Gasteiger partial charge on any atom is 0.338 e. The minimum atomic E-state index is -2.29. The van der Waals surface area contributed by atoms with E-state index in [4.69, 9.17) is 14.2 Å². The van der Waals surface area contributed by atoms with Crippen LogP contribution in [0.3, 0.4) is 0 Å². The predicted molar refractivity (Wildman–Crippen MR) is 196 cm³/mol. The Morgan fingerprint density at radius 3 is 2.13 bits per heavy atom. The van der Waals surface area contributed by atoms with Crippen LogP contribution in [0, 0.1) is 16.7 Å². The molecule has 1 heterocycles. The first kappa shape index (κ1) is 40.5. The van der Waals surface area contributed by atoms with E-state index in [9.17, 15) is 44.7 Å². The highest BCUT2D eigenvalue weighted by atomic mass is 16.6. The van der Waals surface area contributed by atoms with Crippen molar-refractivity contribution in [2.24, 2.45) is 16.7 Å². The van der Waals surface area contributed by atoms with Gasteiger partial charge in [-0.2, -0.15) is 0 Å². The van der Waals surface area contributed by atoms with Crippen molar-refractivity contribution in [3.63, 3.8) is 0 Å². The van der Waals surface area contributed by atoms with E-state index in [1.165, 1.54) is 30.9 Å². The van der Waals surface area contributed by atoms with Gasteiger partial charge >= 0.3 is 18.0 Å². The zero-order valence-electron chi connectivity index (χ0n) is 32.0. The molecule has 298 valence electrons. The molecule has 1 saturated heterocycles. The molecule has 4 aliphatic rings. The van der Waals surface area contributed by atoms with Crippen LogP contribution in [0.5, 0.6) is 0 Å². The summed E-state index contributed by atoms with van der Waals surface area (Å²) in [5.41, 5.74) is -7.04. The Morgan fingerprint density at radius 1 is 0.964 bits per heavy atom. The number of rotatable bonds is 9. The zero-order valence-corrected chi connectivity index (χ0v) is 32.0. The molecular formula is C41H52N2O12. The number of carbonyl (C=O) groups excluding carboxylic acids is 4. The van der Waals surface area contributed by atoms with Crippen molar-refractivity contribution in [1.29, 1.82) is 0 Å². The zero-order chi connectivity index (χ0) is 40.2. The van der Waals surface area contributed by atoms with Gasteiger partial charge in [0, 0.05) is 37.3 Å². The van der Waals surface area contributed by atoms with Crippen LogP contribution in [-0.4, -0.2) is 122 Å². The van der Waals surface area contributed by atoms with Crippen LogP contribution in [0.2, 0.25) is 0 Å². The average molecular weight is 765 g/mol. The van der Waals surface area contributed by atoms with Gasteiger partial charge < -0.3 is 50.0 Å². The van der Waals surface area contributed by atoms with Crippen molar-refractivity contribution in [2.75, 3.05) is 19.7 Å². The molecule has 14 heteroatoms. The summed E-state index contributed by atoms with van der Waals surface area (Å²) in [5, 5.41) is 63.5. The Labute approximate surface area is 320 Å². The van der Waals surface area contributed by atoms with E-state index >= 15 is 0 Å². The molecule has 2 aromatic carbocycles. The fraction of sp³-hybridized carbons (Fsp3) is 0.561. The number of aliphatic hydroxyl groups excluding tert-OH is 3. The molecule has 0 spiro atoms. The van der Waals surface area contributed by atoms with Gasteiger partial charge in [-0.25, -0.2) is 14.4 Å². The van der Waals surface area contributed by atoms with Crippen LogP contribution in [-0.2, 0) is 23.8 Å². The number of esters is 2. The number of nitrogens with zero attached hydrogens (tertiary/aromatic N) is 1. The Bertz CT molecular complexity index is 1830. The Kier molecular flexibility index (Phi) is 10.8. The summed E-state index contributed by atoms with van der Waals surface area (Å²) in [4.78, 5) is 57.3. The number of ether oxygens (including phenoxy) is 3. The molecule has 0 radical (unpaired) electrons. The van der Waals surface area contributed by atoms with Crippen LogP contribution >= 0.6 is 0 Å². The number of hydrogen-bond acceptors (Lipinski definition) is 12. The van der Waals surface area contributed by atoms with Crippen molar-refractivity contribution in [2.45, 2.75) is 108 Å². The first-order chi connectivity index (χ1) is 25.9. The molecule has 6 N–H and O–H groups in total. The van der Waals surface area contributed by atoms with Crippen molar-refractivity contribution in [3.8, 4) is 0 Å². The van der Waals surface area contributed by atoms with E-state index < -0.39 is 101 Å². The average Bonchev–Trinajstić information content (AvgIpc) is 3.16. The Hall–Kier alpha value is -4.18. The number of amides is 2. The number of Topliss-reactive ketones (excluding diaryl/α,β-unsaturated/α-hetero) is 1. The van der Waals surface area contributed by atoms with E-state index in [0.29, 0.717) is 18.7 Å².